The maximum absolute atomic E-state index is 12.7. The summed E-state index contributed by atoms with van der Waals surface area (Å²) in [6.45, 7) is 4.64. The highest BCUT2D eigenvalue weighted by molar-refractivity contribution is 6.33. The van der Waals surface area contributed by atoms with Gasteiger partial charge in [0.05, 0.1) is 17.6 Å². The Labute approximate surface area is 163 Å². The lowest BCUT2D eigenvalue weighted by Crippen LogP contribution is -2.50. The van der Waals surface area contributed by atoms with Crippen molar-refractivity contribution in [3.63, 3.8) is 0 Å². The van der Waals surface area contributed by atoms with E-state index in [9.17, 15) is 9.59 Å². The minimum atomic E-state index is -0.332. The topological polar surface area (TPSA) is 58.4 Å². The highest BCUT2D eigenvalue weighted by atomic mass is 35.5. The predicted octanol–water partition coefficient (Wildman–Crippen LogP) is 2.58. The van der Waals surface area contributed by atoms with Crippen LogP contribution in [0, 0.1) is 11.8 Å². The number of anilines is 1. The average molecular weight is 387 g/mol. The Bertz CT molecular complexity index is 887. The second kappa shape index (κ2) is 7.35. The number of hydrogen-bond donors (Lipinski definition) is 0. The quantitative estimate of drug-likeness (QED) is 0.810. The fourth-order valence-corrected chi connectivity index (χ4v) is 3.90. The van der Waals surface area contributed by atoms with Crippen LogP contribution in [0.4, 0.5) is 5.69 Å². The smallest absolute Gasteiger partial charge is 0.292 e. The minimum absolute atomic E-state index is 0.122. The third kappa shape index (κ3) is 3.58. The molecular formula is C20H23ClN4O2. The van der Waals surface area contributed by atoms with Crippen LogP contribution in [0.1, 0.15) is 19.8 Å². The molecule has 2 fully saturated rings. The fourth-order valence-electron chi connectivity index (χ4n) is 3.65. The SMILES string of the molecule is CC(C(=O)N1CCN(c2cnn(-c3ccccc3)c(=O)c2Cl)CC1)C1CC1. The molecule has 0 N–H and O–H groups in total. The van der Waals surface area contributed by atoms with Crippen LogP contribution in [-0.2, 0) is 4.79 Å². The van der Waals surface area contributed by atoms with E-state index in [0.717, 1.165) is 0 Å². The van der Waals surface area contributed by atoms with Gasteiger partial charge in [-0.2, -0.15) is 9.78 Å². The zero-order valence-electron chi connectivity index (χ0n) is 15.3. The minimum Gasteiger partial charge on any atom is -0.365 e. The van der Waals surface area contributed by atoms with Gasteiger partial charge < -0.3 is 9.80 Å². The molecule has 1 atom stereocenters. The van der Waals surface area contributed by atoms with Gasteiger partial charge in [0.25, 0.3) is 5.56 Å². The lowest BCUT2D eigenvalue weighted by atomic mass is 10.0. The number of rotatable bonds is 4. The van der Waals surface area contributed by atoms with Gasteiger partial charge in [-0.3, -0.25) is 9.59 Å². The van der Waals surface area contributed by atoms with Crippen LogP contribution in [0.5, 0.6) is 0 Å². The molecular weight excluding hydrogens is 364 g/mol. The van der Waals surface area contributed by atoms with Gasteiger partial charge >= 0.3 is 0 Å². The van der Waals surface area contributed by atoms with E-state index in [1.54, 1.807) is 6.20 Å². The van der Waals surface area contributed by atoms with Crippen molar-refractivity contribution >= 4 is 23.2 Å². The van der Waals surface area contributed by atoms with Crippen LogP contribution in [0.3, 0.4) is 0 Å². The highest BCUT2D eigenvalue weighted by Crippen LogP contribution is 2.37. The fraction of sp³-hybridized carbons (Fsp3) is 0.450. The molecule has 4 rings (SSSR count). The van der Waals surface area contributed by atoms with Crippen LogP contribution in [-0.4, -0.2) is 46.8 Å². The molecule has 142 valence electrons. The molecule has 1 unspecified atom stereocenters. The molecule has 1 aromatic carbocycles. The zero-order chi connectivity index (χ0) is 19.0. The first-order valence-electron chi connectivity index (χ1n) is 9.43. The number of halogens is 1. The van der Waals surface area contributed by atoms with Crippen LogP contribution < -0.4 is 10.5 Å². The molecule has 1 amide bonds. The molecule has 0 spiro atoms. The molecule has 1 saturated carbocycles. The predicted molar refractivity (Wildman–Crippen MR) is 106 cm³/mol. The summed E-state index contributed by atoms with van der Waals surface area (Å²) in [6.07, 6.45) is 3.98. The molecule has 1 aliphatic carbocycles. The number of benzene rings is 1. The third-order valence-electron chi connectivity index (χ3n) is 5.55. The Kier molecular flexibility index (Phi) is 4.91. The van der Waals surface area contributed by atoms with Crippen molar-refractivity contribution in [3.05, 3.63) is 51.9 Å². The lowest BCUT2D eigenvalue weighted by molar-refractivity contribution is -0.135. The van der Waals surface area contributed by atoms with E-state index >= 15 is 0 Å². The standard InChI is InChI=1S/C20H23ClN4O2/c1-14(15-7-8-15)19(26)24-11-9-23(10-12-24)17-13-22-25(20(27)18(17)21)16-5-3-2-4-6-16/h2-6,13-15H,7-12H2,1H3. The molecule has 1 aliphatic heterocycles. The summed E-state index contributed by atoms with van der Waals surface area (Å²) in [4.78, 5) is 29.2. The molecule has 7 heteroatoms. The molecule has 2 aromatic rings. The van der Waals surface area contributed by atoms with E-state index in [-0.39, 0.29) is 22.4 Å². The molecule has 0 bridgehead atoms. The summed E-state index contributed by atoms with van der Waals surface area (Å²) in [5.41, 5.74) is 0.984. The van der Waals surface area contributed by atoms with Crippen molar-refractivity contribution in [1.29, 1.82) is 0 Å². The average Bonchev–Trinajstić information content (AvgIpc) is 3.55. The molecule has 2 aliphatic rings. The molecule has 27 heavy (non-hydrogen) atoms. The molecule has 1 saturated heterocycles. The second-order valence-corrected chi connectivity index (χ2v) is 7.71. The summed E-state index contributed by atoms with van der Waals surface area (Å²) in [7, 11) is 0. The van der Waals surface area contributed by atoms with Gasteiger partial charge in [-0.05, 0) is 30.9 Å². The number of piperazine rings is 1. The van der Waals surface area contributed by atoms with Crippen molar-refractivity contribution in [1.82, 2.24) is 14.7 Å². The van der Waals surface area contributed by atoms with Gasteiger partial charge in [0, 0.05) is 32.1 Å². The summed E-state index contributed by atoms with van der Waals surface area (Å²) in [5, 5.41) is 4.46. The third-order valence-corrected chi connectivity index (χ3v) is 5.91. The second-order valence-electron chi connectivity index (χ2n) is 7.33. The van der Waals surface area contributed by atoms with E-state index in [4.69, 9.17) is 11.6 Å². The summed E-state index contributed by atoms with van der Waals surface area (Å²) >= 11 is 6.39. The number of nitrogens with zero attached hydrogens (tertiary/aromatic N) is 4. The van der Waals surface area contributed by atoms with Crippen molar-refractivity contribution in [2.45, 2.75) is 19.8 Å². The van der Waals surface area contributed by atoms with Gasteiger partial charge in [-0.1, -0.05) is 36.7 Å². The van der Waals surface area contributed by atoms with E-state index in [2.05, 4.69) is 5.10 Å². The largest absolute Gasteiger partial charge is 0.365 e. The Balaban J connectivity index is 1.48. The summed E-state index contributed by atoms with van der Waals surface area (Å²) in [6, 6.07) is 9.22. The van der Waals surface area contributed by atoms with Crippen molar-refractivity contribution in [2.75, 3.05) is 31.1 Å². The Hall–Kier alpha value is -2.34. The normalized spacial score (nSPS) is 18.4. The number of para-hydroxylation sites is 1. The first kappa shape index (κ1) is 18.0. The Morgan fingerprint density at radius 1 is 1.15 bits per heavy atom. The summed E-state index contributed by atoms with van der Waals surface area (Å²) in [5.74, 6) is 0.942. The van der Waals surface area contributed by atoms with Gasteiger partial charge in [-0.25, -0.2) is 0 Å². The first-order chi connectivity index (χ1) is 13.1. The molecule has 1 aromatic heterocycles. The van der Waals surface area contributed by atoms with Crippen LogP contribution in [0.25, 0.3) is 5.69 Å². The number of hydrogen-bond acceptors (Lipinski definition) is 4. The maximum atomic E-state index is 12.7. The maximum Gasteiger partial charge on any atom is 0.292 e. The molecule has 0 radical (unpaired) electrons. The summed E-state index contributed by atoms with van der Waals surface area (Å²) < 4.78 is 1.31. The van der Waals surface area contributed by atoms with Gasteiger partial charge in [0.1, 0.15) is 5.02 Å². The number of carbonyl (C=O) groups is 1. The van der Waals surface area contributed by atoms with E-state index < -0.39 is 0 Å². The highest BCUT2D eigenvalue weighted by Gasteiger charge is 2.36. The number of amides is 1. The van der Waals surface area contributed by atoms with Gasteiger partial charge in [-0.15, -0.1) is 0 Å². The van der Waals surface area contributed by atoms with Gasteiger partial charge in [0.15, 0.2) is 0 Å². The monoisotopic (exact) mass is 386 g/mol. The van der Waals surface area contributed by atoms with Crippen molar-refractivity contribution in [2.24, 2.45) is 11.8 Å². The van der Waals surface area contributed by atoms with Crippen LogP contribution >= 0.6 is 11.6 Å². The van der Waals surface area contributed by atoms with Crippen molar-refractivity contribution in [3.8, 4) is 5.69 Å². The van der Waals surface area contributed by atoms with Gasteiger partial charge in [0.2, 0.25) is 5.91 Å². The van der Waals surface area contributed by atoms with E-state index in [0.29, 0.717) is 43.5 Å². The molecule has 2 heterocycles. The Morgan fingerprint density at radius 3 is 2.44 bits per heavy atom. The first-order valence-corrected chi connectivity index (χ1v) is 9.81. The number of carbonyl (C=O) groups excluding carboxylic acids is 1. The zero-order valence-corrected chi connectivity index (χ0v) is 16.1. The molecule has 6 nitrogen and oxygen atoms in total. The Morgan fingerprint density at radius 2 is 1.81 bits per heavy atom. The van der Waals surface area contributed by atoms with E-state index in [1.807, 2.05) is 47.1 Å². The van der Waals surface area contributed by atoms with Crippen molar-refractivity contribution < 1.29 is 4.79 Å². The van der Waals surface area contributed by atoms with E-state index in [1.165, 1.54) is 17.5 Å². The lowest BCUT2D eigenvalue weighted by Gasteiger charge is -2.37. The van der Waals surface area contributed by atoms with Crippen LogP contribution in [0.2, 0.25) is 5.02 Å². The van der Waals surface area contributed by atoms with Crippen LogP contribution in [0.15, 0.2) is 41.3 Å². The number of aromatic nitrogens is 2.